The minimum atomic E-state index is -3.81. The number of halogens is 1. The van der Waals surface area contributed by atoms with Gasteiger partial charge in [0.25, 0.3) is 5.89 Å². The highest BCUT2D eigenvalue weighted by atomic mass is 32.2. The highest BCUT2D eigenvalue weighted by molar-refractivity contribution is 7.89. The highest BCUT2D eigenvalue weighted by Crippen LogP contribution is 2.34. The van der Waals surface area contributed by atoms with Gasteiger partial charge in [0, 0.05) is 18.9 Å². The van der Waals surface area contributed by atoms with Gasteiger partial charge in [0.1, 0.15) is 11.5 Å². The van der Waals surface area contributed by atoms with Crippen LogP contribution < -0.4 is 0 Å². The van der Waals surface area contributed by atoms with Gasteiger partial charge in [0.2, 0.25) is 10.0 Å². The first kappa shape index (κ1) is 17.7. The van der Waals surface area contributed by atoms with Crippen molar-refractivity contribution in [3.05, 3.63) is 54.5 Å². The molecule has 2 aromatic heterocycles. The van der Waals surface area contributed by atoms with Crippen LogP contribution in [0.3, 0.4) is 0 Å². The van der Waals surface area contributed by atoms with E-state index in [2.05, 4.69) is 20.1 Å². The summed E-state index contributed by atoms with van der Waals surface area (Å²) in [6, 6.07) is 4.23. The van der Waals surface area contributed by atoms with Gasteiger partial charge in [-0.3, -0.25) is 4.98 Å². The summed E-state index contributed by atoms with van der Waals surface area (Å²) in [7, 11) is -3.81. The SMILES string of the molecule is O=S(=O)(c1ccc(F)cc1)N1CCCC[C@H]1c1noc(-c2cnccn2)n1. The van der Waals surface area contributed by atoms with Crippen molar-refractivity contribution in [1.82, 2.24) is 24.4 Å². The fourth-order valence-corrected chi connectivity index (χ4v) is 4.73. The van der Waals surface area contributed by atoms with Gasteiger partial charge in [0.15, 0.2) is 5.82 Å². The normalized spacial score (nSPS) is 18.5. The van der Waals surface area contributed by atoms with Crippen LogP contribution >= 0.6 is 0 Å². The smallest absolute Gasteiger partial charge is 0.278 e. The van der Waals surface area contributed by atoms with E-state index in [0.29, 0.717) is 18.7 Å². The minimum Gasteiger partial charge on any atom is -0.332 e. The fourth-order valence-electron chi connectivity index (χ4n) is 3.08. The monoisotopic (exact) mass is 389 g/mol. The van der Waals surface area contributed by atoms with Crippen LogP contribution in [0.2, 0.25) is 0 Å². The lowest BCUT2D eigenvalue weighted by Gasteiger charge is -2.32. The van der Waals surface area contributed by atoms with Crippen LogP contribution in [0.4, 0.5) is 4.39 Å². The molecule has 1 saturated heterocycles. The van der Waals surface area contributed by atoms with E-state index in [4.69, 9.17) is 4.52 Å². The molecular weight excluding hydrogens is 373 g/mol. The lowest BCUT2D eigenvalue weighted by molar-refractivity contribution is 0.240. The summed E-state index contributed by atoms with van der Waals surface area (Å²) in [5.41, 5.74) is 0.417. The van der Waals surface area contributed by atoms with Crippen molar-refractivity contribution >= 4 is 10.0 Å². The molecule has 8 nitrogen and oxygen atoms in total. The molecule has 1 aromatic carbocycles. The van der Waals surface area contributed by atoms with Crippen molar-refractivity contribution in [2.75, 3.05) is 6.54 Å². The quantitative estimate of drug-likeness (QED) is 0.676. The molecule has 0 radical (unpaired) electrons. The van der Waals surface area contributed by atoms with Crippen molar-refractivity contribution < 1.29 is 17.3 Å². The van der Waals surface area contributed by atoms with Crippen molar-refractivity contribution in [3.63, 3.8) is 0 Å². The molecule has 1 aliphatic heterocycles. The Morgan fingerprint density at radius 2 is 1.96 bits per heavy atom. The fraction of sp³-hybridized carbons (Fsp3) is 0.294. The van der Waals surface area contributed by atoms with E-state index in [-0.39, 0.29) is 16.6 Å². The molecule has 0 N–H and O–H groups in total. The van der Waals surface area contributed by atoms with Crippen molar-refractivity contribution in [2.24, 2.45) is 0 Å². The molecule has 4 rings (SSSR count). The summed E-state index contributed by atoms with van der Waals surface area (Å²) in [5, 5.41) is 3.97. The number of nitrogens with zero attached hydrogens (tertiary/aromatic N) is 5. The average Bonchev–Trinajstić information content (AvgIpc) is 3.19. The van der Waals surface area contributed by atoms with Crippen LogP contribution in [-0.4, -0.2) is 39.4 Å². The Labute approximate surface area is 155 Å². The summed E-state index contributed by atoms with van der Waals surface area (Å²) in [5.74, 6) is -0.0280. The molecule has 10 heteroatoms. The summed E-state index contributed by atoms with van der Waals surface area (Å²) in [6.07, 6.45) is 6.66. The Bertz CT molecular complexity index is 1020. The van der Waals surface area contributed by atoms with Gasteiger partial charge in [-0.15, -0.1) is 0 Å². The second-order valence-electron chi connectivity index (χ2n) is 6.13. The van der Waals surface area contributed by atoms with Gasteiger partial charge >= 0.3 is 0 Å². The number of rotatable bonds is 4. The number of hydrogen-bond acceptors (Lipinski definition) is 7. The number of piperidine rings is 1. The Morgan fingerprint density at radius 1 is 1.15 bits per heavy atom. The minimum absolute atomic E-state index is 0.0356. The Hall–Kier alpha value is -2.72. The number of benzene rings is 1. The van der Waals surface area contributed by atoms with Crippen molar-refractivity contribution in [1.29, 1.82) is 0 Å². The van der Waals surface area contributed by atoms with E-state index in [1.54, 1.807) is 0 Å². The van der Waals surface area contributed by atoms with Crippen molar-refractivity contribution in [3.8, 4) is 11.6 Å². The Morgan fingerprint density at radius 3 is 2.70 bits per heavy atom. The van der Waals surface area contributed by atoms with E-state index < -0.39 is 21.9 Å². The number of sulfonamides is 1. The number of hydrogen-bond donors (Lipinski definition) is 0. The summed E-state index contributed by atoms with van der Waals surface area (Å²) < 4.78 is 45.9. The average molecular weight is 389 g/mol. The molecule has 1 aliphatic rings. The topological polar surface area (TPSA) is 102 Å². The first-order valence-electron chi connectivity index (χ1n) is 8.43. The predicted octanol–water partition coefficient (Wildman–Crippen LogP) is 2.58. The molecule has 0 bridgehead atoms. The molecule has 1 fully saturated rings. The lowest BCUT2D eigenvalue weighted by Crippen LogP contribution is -2.39. The van der Waals surface area contributed by atoms with E-state index in [0.717, 1.165) is 25.0 Å². The molecule has 0 amide bonds. The number of aromatic nitrogens is 4. The Balaban J connectivity index is 1.67. The largest absolute Gasteiger partial charge is 0.332 e. The van der Waals surface area contributed by atoms with Gasteiger partial charge < -0.3 is 4.52 Å². The molecule has 3 heterocycles. The maximum atomic E-state index is 13.2. The third kappa shape index (κ3) is 3.45. The molecular formula is C17H16FN5O3S. The van der Waals surface area contributed by atoms with Crippen LogP contribution in [0, 0.1) is 5.82 Å². The maximum Gasteiger partial charge on any atom is 0.278 e. The van der Waals surface area contributed by atoms with Crippen molar-refractivity contribution in [2.45, 2.75) is 30.2 Å². The third-order valence-corrected chi connectivity index (χ3v) is 6.32. The zero-order valence-electron chi connectivity index (χ0n) is 14.2. The molecule has 0 spiro atoms. The first-order valence-corrected chi connectivity index (χ1v) is 9.87. The van der Waals surface area contributed by atoms with Crippen LogP contribution in [-0.2, 0) is 10.0 Å². The molecule has 140 valence electrons. The standard InChI is InChI=1S/C17H16FN5O3S/c18-12-4-6-13(7-5-12)27(24,25)23-10-2-1-3-15(23)16-21-17(26-22-16)14-11-19-8-9-20-14/h4-9,11,15H,1-3,10H2/t15-/m0/s1. The van der Waals surface area contributed by atoms with Gasteiger partial charge in [-0.25, -0.2) is 17.8 Å². The lowest BCUT2D eigenvalue weighted by atomic mass is 10.0. The van der Waals surface area contributed by atoms with E-state index in [1.807, 2.05) is 0 Å². The summed E-state index contributed by atoms with van der Waals surface area (Å²) >= 11 is 0. The zero-order chi connectivity index (χ0) is 18.9. The first-order chi connectivity index (χ1) is 13.1. The van der Waals surface area contributed by atoms with E-state index in [1.165, 1.54) is 35.0 Å². The van der Waals surface area contributed by atoms with Crippen LogP contribution in [0.1, 0.15) is 31.1 Å². The molecule has 27 heavy (non-hydrogen) atoms. The summed E-state index contributed by atoms with van der Waals surface area (Å²) in [4.78, 5) is 12.4. The highest BCUT2D eigenvalue weighted by Gasteiger charge is 2.37. The second-order valence-corrected chi connectivity index (χ2v) is 8.02. The summed E-state index contributed by atoms with van der Waals surface area (Å²) in [6.45, 7) is 0.333. The maximum absolute atomic E-state index is 13.2. The predicted molar refractivity (Wildman–Crippen MR) is 92.2 cm³/mol. The zero-order valence-corrected chi connectivity index (χ0v) is 15.0. The molecule has 3 aromatic rings. The molecule has 0 unspecified atom stereocenters. The van der Waals surface area contributed by atoms with Gasteiger partial charge in [-0.1, -0.05) is 11.6 Å². The van der Waals surface area contributed by atoms with Gasteiger partial charge in [-0.05, 0) is 37.1 Å². The van der Waals surface area contributed by atoms with E-state index >= 15 is 0 Å². The van der Waals surface area contributed by atoms with Gasteiger partial charge in [0.05, 0.1) is 17.1 Å². The Kier molecular flexibility index (Phi) is 4.66. The van der Waals surface area contributed by atoms with Gasteiger partial charge in [-0.2, -0.15) is 9.29 Å². The molecule has 0 aliphatic carbocycles. The third-order valence-electron chi connectivity index (χ3n) is 4.40. The molecule has 1 atom stereocenters. The van der Waals surface area contributed by atoms with E-state index in [9.17, 15) is 12.8 Å². The second kappa shape index (κ2) is 7.12. The van der Waals surface area contributed by atoms with Crippen LogP contribution in [0.25, 0.3) is 11.6 Å². The van der Waals surface area contributed by atoms with Crippen LogP contribution in [0.5, 0.6) is 0 Å². The van der Waals surface area contributed by atoms with Crippen LogP contribution in [0.15, 0.2) is 52.3 Å². The molecule has 0 saturated carbocycles.